The van der Waals surface area contributed by atoms with Crippen molar-refractivity contribution in [1.29, 1.82) is 0 Å². The van der Waals surface area contributed by atoms with Crippen LogP contribution in [0.2, 0.25) is 0 Å². The number of hydrogen-bond acceptors (Lipinski definition) is 6. The number of amides is 1. The molecule has 2 heterocycles. The number of nitro groups is 1. The fraction of sp³-hybridized carbons (Fsp3) is 0.350. The van der Waals surface area contributed by atoms with Crippen LogP contribution in [0.4, 0.5) is 31.9 Å². The van der Waals surface area contributed by atoms with Crippen molar-refractivity contribution in [1.82, 2.24) is 0 Å². The van der Waals surface area contributed by atoms with Crippen LogP contribution in [0, 0.1) is 15.9 Å². The molecule has 0 atom stereocenters. The number of carbonyl (C=O) groups is 1. The fourth-order valence-corrected chi connectivity index (χ4v) is 3.78. The first-order valence-electron chi connectivity index (χ1n) is 9.51. The molecule has 0 aromatic heterocycles. The summed E-state index contributed by atoms with van der Waals surface area (Å²) in [6.45, 7) is 1.98. The molecule has 1 N–H and O–H groups in total. The summed E-state index contributed by atoms with van der Waals surface area (Å²) < 4.78 is 18.9. The molecule has 0 spiro atoms. The van der Waals surface area contributed by atoms with Crippen LogP contribution in [0.3, 0.4) is 0 Å². The van der Waals surface area contributed by atoms with E-state index in [9.17, 15) is 19.3 Å². The number of ether oxygens (including phenoxy) is 1. The van der Waals surface area contributed by atoms with E-state index in [1.54, 1.807) is 24.3 Å². The van der Waals surface area contributed by atoms with Crippen LogP contribution in [0.1, 0.15) is 12.8 Å². The summed E-state index contributed by atoms with van der Waals surface area (Å²) in [5.74, 6) is -0.278. The zero-order valence-electron chi connectivity index (χ0n) is 15.7. The number of nitrogens with zero attached hydrogens (tertiary/aromatic N) is 3. The van der Waals surface area contributed by atoms with Gasteiger partial charge in [-0.2, -0.15) is 0 Å². The lowest BCUT2D eigenvalue weighted by molar-refractivity contribution is -0.384. The zero-order valence-corrected chi connectivity index (χ0v) is 15.7. The Bertz CT molecular complexity index is 930. The second-order valence-corrected chi connectivity index (χ2v) is 7.08. The maximum absolute atomic E-state index is 13.9. The number of para-hydroxylation sites is 1. The number of piperidine rings is 1. The SMILES string of the molecule is O=C1OCCN1c1cc([N+](=O)[O-])ccc1N1CCC(Nc2ccccc2F)CC1. The minimum Gasteiger partial charge on any atom is -0.447 e. The number of hydrogen-bond donors (Lipinski definition) is 1. The van der Waals surface area contributed by atoms with Crippen LogP contribution in [0.15, 0.2) is 42.5 Å². The van der Waals surface area contributed by atoms with Gasteiger partial charge in [0.15, 0.2) is 0 Å². The molecule has 2 aliphatic heterocycles. The lowest BCUT2D eigenvalue weighted by Crippen LogP contribution is -2.40. The highest BCUT2D eigenvalue weighted by Crippen LogP contribution is 2.36. The standard InChI is InChI=1S/C20H21FN4O4/c21-16-3-1-2-4-17(16)22-14-7-9-23(10-8-14)18-6-5-15(25(27)28)13-19(18)24-11-12-29-20(24)26/h1-6,13-14,22H,7-12H2. The van der Waals surface area contributed by atoms with Crippen molar-refractivity contribution in [3.05, 3.63) is 58.4 Å². The number of rotatable bonds is 5. The fourth-order valence-electron chi connectivity index (χ4n) is 3.78. The number of non-ortho nitro benzene ring substituents is 1. The maximum atomic E-state index is 13.9. The Morgan fingerprint density at radius 3 is 2.52 bits per heavy atom. The van der Waals surface area contributed by atoms with Crippen LogP contribution < -0.4 is 15.1 Å². The third kappa shape index (κ3) is 3.94. The molecule has 4 rings (SSSR count). The van der Waals surface area contributed by atoms with Gasteiger partial charge in [0.2, 0.25) is 0 Å². The van der Waals surface area contributed by atoms with Crippen LogP contribution in [-0.4, -0.2) is 43.3 Å². The Balaban J connectivity index is 1.51. The van der Waals surface area contributed by atoms with Crippen molar-refractivity contribution in [2.24, 2.45) is 0 Å². The van der Waals surface area contributed by atoms with E-state index >= 15 is 0 Å². The maximum Gasteiger partial charge on any atom is 0.414 e. The average molecular weight is 400 g/mol. The summed E-state index contributed by atoms with van der Waals surface area (Å²) >= 11 is 0. The molecule has 0 unspecified atom stereocenters. The minimum atomic E-state index is -0.497. The molecule has 2 aromatic carbocycles. The summed E-state index contributed by atoms with van der Waals surface area (Å²) in [5.41, 5.74) is 1.67. The van der Waals surface area contributed by atoms with Crippen molar-refractivity contribution in [2.75, 3.05) is 41.4 Å². The van der Waals surface area contributed by atoms with Crippen molar-refractivity contribution in [3.63, 3.8) is 0 Å². The first kappa shape index (κ1) is 19.0. The Hall–Kier alpha value is -3.36. The first-order valence-corrected chi connectivity index (χ1v) is 9.51. The molecular formula is C20H21FN4O4. The summed E-state index contributed by atoms with van der Waals surface area (Å²) in [5, 5.41) is 14.4. The smallest absolute Gasteiger partial charge is 0.414 e. The highest BCUT2D eigenvalue weighted by atomic mass is 19.1. The molecule has 152 valence electrons. The predicted molar refractivity (Wildman–Crippen MR) is 107 cm³/mol. The van der Waals surface area contributed by atoms with Crippen molar-refractivity contribution in [3.8, 4) is 0 Å². The topological polar surface area (TPSA) is 87.9 Å². The molecule has 0 aliphatic carbocycles. The van der Waals surface area contributed by atoms with Gasteiger partial charge in [0.25, 0.3) is 5.69 Å². The minimum absolute atomic E-state index is 0.0699. The molecule has 2 aromatic rings. The number of cyclic esters (lactones) is 1. The van der Waals surface area contributed by atoms with Gasteiger partial charge in [-0.3, -0.25) is 15.0 Å². The summed E-state index contributed by atoms with van der Waals surface area (Å²) in [4.78, 5) is 26.3. The number of nitro benzene ring substituents is 1. The lowest BCUT2D eigenvalue weighted by Gasteiger charge is -2.36. The molecule has 2 fully saturated rings. The monoisotopic (exact) mass is 400 g/mol. The van der Waals surface area contributed by atoms with Crippen LogP contribution in [-0.2, 0) is 4.74 Å². The van der Waals surface area contributed by atoms with E-state index in [-0.39, 0.29) is 24.2 Å². The van der Waals surface area contributed by atoms with E-state index in [4.69, 9.17) is 4.74 Å². The van der Waals surface area contributed by atoms with Gasteiger partial charge in [-0.15, -0.1) is 0 Å². The van der Waals surface area contributed by atoms with Crippen molar-refractivity contribution in [2.45, 2.75) is 18.9 Å². The third-order valence-corrected chi connectivity index (χ3v) is 5.29. The van der Waals surface area contributed by atoms with Gasteiger partial charge in [0, 0.05) is 31.3 Å². The molecule has 8 nitrogen and oxygen atoms in total. The van der Waals surface area contributed by atoms with Gasteiger partial charge in [-0.25, -0.2) is 9.18 Å². The number of carbonyl (C=O) groups excluding carboxylic acids is 1. The third-order valence-electron chi connectivity index (χ3n) is 5.29. The Kier molecular flexibility index (Phi) is 5.20. The Labute approximate surface area is 167 Å². The molecule has 1 amide bonds. The van der Waals surface area contributed by atoms with Gasteiger partial charge in [0.05, 0.1) is 28.5 Å². The Morgan fingerprint density at radius 2 is 1.86 bits per heavy atom. The number of benzene rings is 2. The molecule has 0 radical (unpaired) electrons. The summed E-state index contributed by atoms with van der Waals surface area (Å²) in [6.07, 6.45) is 1.05. The molecule has 0 saturated carbocycles. The quantitative estimate of drug-likeness (QED) is 0.607. The van der Waals surface area contributed by atoms with Crippen LogP contribution in [0.25, 0.3) is 0 Å². The first-order chi connectivity index (χ1) is 14.0. The molecular weight excluding hydrogens is 379 g/mol. The van der Waals surface area contributed by atoms with E-state index in [0.717, 1.165) is 18.5 Å². The summed E-state index contributed by atoms with van der Waals surface area (Å²) in [7, 11) is 0. The number of halogens is 1. The van der Waals surface area contributed by atoms with Gasteiger partial charge in [-0.05, 0) is 31.0 Å². The van der Waals surface area contributed by atoms with E-state index in [1.807, 2.05) is 0 Å². The normalized spacial score (nSPS) is 17.3. The average Bonchev–Trinajstić information content (AvgIpc) is 3.15. The predicted octanol–water partition coefficient (Wildman–Crippen LogP) is 3.77. The van der Waals surface area contributed by atoms with Crippen LogP contribution >= 0.6 is 0 Å². The molecule has 2 aliphatic rings. The second-order valence-electron chi connectivity index (χ2n) is 7.08. The van der Waals surface area contributed by atoms with Gasteiger partial charge >= 0.3 is 6.09 Å². The summed E-state index contributed by atoms with van der Waals surface area (Å²) in [6, 6.07) is 11.3. The van der Waals surface area contributed by atoms with E-state index < -0.39 is 11.0 Å². The lowest BCUT2D eigenvalue weighted by atomic mass is 10.0. The second kappa shape index (κ2) is 7.94. The van der Waals surface area contributed by atoms with Crippen molar-refractivity contribution < 1.29 is 18.8 Å². The Morgan fingerprint density at radius 1 is 1.10 bits per heavy atom. The molecule has 9 heteroatoms. The highest BCUT2D eigenvalue weighted by molar-refractivity contribution is 5.94. The molecule has 2 saturated heterocycles. The zero-order chi connectivity index (χ0) is 20.4. The van der Waals surface area contributed by atoms with Gasteiger partial charge in [-0.1, -0.05) is 12.1 Å². The van der Waals surface area contributed by atoms with Crippen LogP contribution in [0.5, 0.6) is 0 Å². The number of anilines is 3. The van der Waals surface area contributed by atoms with Gasteiger partial charge < -0.3 is 15.0 Å². The van der Waals surface area contributed by atoms with E-state index in [0.29, 0.717) is 31.0 Å². The van der Waals surface area contributed by atoms with E-state index in [1.165, 1.54) is 23.1 Å². The largest absolute Gasteiger partial charge is 0.447 e. The van der Waals surface area contributed by atoms with Crippen molar-refractivity contribution >= 4 is 28.8 Å². The van der Waals surface area contributed by atoms with E-state index in [2.05, 4.69) is 10.2 Å². The highest BCUT2D eigenvalue weighted by Gasteiger charge is 2.30. The molecule has 0 bridgehead atoms. The van der Waals surface area contributed by atoms with Gasteiger partial charge in [0.1, 0.15) is 12.4 Å². The molecule has 29 heavy (non-hydrogen) atoms. The number of nitrogens with one attached hydrogen (secondary N) is 1.